The van der Waals surface area contributed by atoms with Crippen molar-refractivity contribution >= 4 is 25.8 Å². The molecule has 0 aliphatic carbocycles. The molecule has 0 amide bonds. The van der Waals surface area contributed by atoms with E-state index in [0.29, 0.717) is 22.6 Å². The number of pyridine rings is 1. The summed E-state index contributed by atoms with van der Waals surface area (Å²) in [6, 6.07) is 10.7. The molecule has 2 N–H and O–H groups in total. The van der Waals surface area contributed by atoms with Gasteiger partial charge in [-0.05, 0) is 43.3 Å². The molecule has 1 heterocycles. The van der Waals surface area contributed by atoms with E-state index in [1.807, 2.05) is 0 Å². The summed E-state index contributed by atoms with van der Waals surface area (Å²) in [4.78, 5) is 14.5. The molecule has 0 saturated carbocycles. The van der Waals surface area contributed by atoms with Crippen molar-refractivity contribution in [3.63, 3.8) is 0 Å². The SMILES string of the molecule is CCOCc1[nH]c(=O)c(S(=O)(=O)c2ccc(Br)cc2)c(O)c1-c1c(OC)cccc1OC. The van der Waals surface area contributed by atoms with Gasteiger partial charge in [0.25, 0.3) is 5.56 Å². The summed E-state index contributed by atoms with van der Waals surface area (Å²) in [5.41, 5.74) is -0.444. The number of aromatic amines is 1. The van der Waals surface area contributed by atoms with E-state index in [2.05, 4.69) is 20.9 Å². The maximum Gasteiger partial charge on any atom is 0.271 e. The Balaban J connectivity index is 2.40. The Morgan fingerprint density at radius 3 is 2.12 bits per heavy atom. The van der Waals surface area contributed by atoms with Gasteiger partial charge >= 0.3 is 0 Å². The molecule has 0 spiro atoms. The topological polar surface area (TPSA) is 115 Å². The first-order valence-corrected chi connectivity index (χ1v) is 11.8. The van der Waals surface area contributed by atoms with E-state index >= 15 is 0 Å². The van der Waals surface area contributed by atoms with Crippen molar-refractivity contribution in [2.45, 2.75) is 23.3 Å². The highest BCUT2D eigenvalue weighted by atomic mass is 79.9. The van der Waals surface area contributed by atoms with Crippen molar-refractivity contribution in [2.75, 3.05) is 20.8 Å². The van der Waals surface area contributed by atoms with Gasteiger partial charge in [-0.3, -0.25) is 4.79 Å². The number of methoxy groups -OCH3 is 2. The first-order chi connectivity index (χ1) is 15.3. The zero-order chi connectivity index (χ0) is 23.5. The number of hydrogen-bond donors (Lipinski definition) is 2. The van der Waals surface area contributed by atoms with Gasteiger partial charge in [-0.1, -0.05) is 22.0 Å². The Labute approximate surface area is 193 Å². The third kappa shape index (κ3) is 4.38. The highest BCUT2D eigenvalue weighted by Crippen LogP contribution is 2.45. The fourth-order valence-corrected chi connectivity index (χ4v) is 4.93. The van der Waals surface area contributed by atoms with Crippen molar-refractivity contribution in [3.05, 3.63) is 63.0 Å². The maximum absolute atomic E-state index is 13.3. The van der Waals surface area contributed by atoms with Gasteiger partial charge in [-0.2, -0.15) is 0 Å². The molecule has 0 aliphatic rings. The normalized spacial score (nSPS) is 11.4. The van der Waals surface area contributed by atoms with Crippen LogP contribution in [0.15, 0.2) is 61.5 Å². The lowest BCUT2D eigenvalue weighted by Gasteiger charge is -2.19. The second kappa shape index (κ2) is 9.76. The smallest absolute Gasteiger partial charge is 0.271 e. The van der Waals surface area contributed by atoms with Crippen LogP contribution in [-0.4, -0.2) is 39.3 Å². The zero-order valence-electron chi connectivity index (χ0n) is 17.6. The number of H-pyrrole nitrogens is 1. The molecule has 0 radical (unpaired) electrons. The molecule has 0 unspecified atom stereocenters. The summed E-state index contributed by atoms with van der Waals surface area (Å²) >= 11 is 3.25. The van der Waals surface area contributed by atoms with Crippen LogP contribution in [0.4, 0.5) is 0 Å². The molecule has 8 nitrogen and oxygen atoms in total. The van der Waals surface area contributed by atoms with Gasteiger partial charge in [-0.15, -0.1) is 0 Å². The standard InChI is InChI=1S/C22H22BrNO7S/c1-4-31-12-15-18(19-16(29-2)6-5-7-17(19)30-3)20(25)21(22(26)24-15)32(27,28)14-10-8-13(23)9-11-14/h5-11H,4,12H2,1-3H3,(H2,24,25,26). The van der Waals surface area contributed by atoms with Crippen LogP contribution in [0.25, 0.3) is 11.1 Å². The van der Waals surface area contributed by atoms with Gasteiger partial charge < -0.3 is 24.3 Å². The predicted molar refractivity (Wildman–Crippen MR) is 122 cm³/mol. The van der Waals surface area contributed by atoms with Crippen molar-refractivity contribution in [2.24, 2.45) is 0 Å². The van der Waals surface area contributed by atoms with Crippen molar-refractivity contribution in [3.8, 4) is 28.4 Å². The average Bonchev–Trinajstić information content (AvgIpc) is 2.77. The molecule has 170 valence electrons. The van der Waals surface area contributed by atoms with E-state index in [4.69, 9.17) is 14.2 Å². The summed E-state index contributed by atoms with van der Waals surface area (Å²) < 4.78 is 43.6. The van der Waals surface area contributed by atoms with E-state index in [1.165, 1.54) is 38.5 Å². The van der Waals surface area contributed by atoms with Gasteiger partial charge in [0.2, 0.25) is 9.84 Å². The van der Waals surface area contributed by atoms with E-state index in [9.17, 15) is 18.3 Å². The molecular weight excluding hydrogens is 502 g/mol. The van der Waals surface area contributed by atoms with Crippen LogP contribution in [0.5, 0.6) is 17.2 Å². The summed E-state index contributed by atoms with van der Waals surface area (Å²) in [7, 11) is -1.49. The van der Waals surface area contributed by atoms with Crippen LogP contribution in [0.2, 0.25) is 0 Å². The number of aromatic hydroxyl groups is 1. The van der Waals surface area contributed by atoms with Crippen LogP contribution in [0, 0.1) is 0 Å². The number of ether oxygens (including phenoxy) is 3. The molecule has 3 aromatic rings. The molecule has 0 atom stereocenters. The molecule has 0 aliphatic heterocycles. The first kappa shape index (κ1) is 23.8. The predicted octanol–water partition coefficient (Wildman–Crippen LogP) is 3.90. The fourth-order valence-electron chi connectivity index (χ4n) is 3.28. The van der Waals surface area contributed by atoms with Crippen molar-refractivity contribution < 1.29 is 27.7 Å². The molecule has 32 heavy (non-hydrogen) atoms. The molecule has 3 rings (SSSR count). The fraction of sp³-hybridized carbons (Fsp3) is 0.227. The summed E-state index contributed by atoms with van der Waals surface area (Å²) in [6.07, 6.45) is 0. The van der Waals surface area contributed by atoms with E-state index < -0.39 is 26.0 Å². The van der Waals surface area contributed by atoms with Crippen LogP contribution < -0.4 is 15.0 Å². The third-order valence-corrected chi connectivity index (χ3v) is 7.08. The van der Waals surface area contributed by atoms with Gasteiger partial charge in [0.05, 0.1) is 42.5 Å². The van der Waals surface area contributed by atoms with E-state index in [-0.39, 0.29) is 28.3 Å². The Bertz CT molecular complexity index is 1260. The van der Waals surface area contributed by atoms with Crippen molar-refractivity contribution in [1.82, 2.24) is 4.98 Å². The minimum atomic E-state index is -4.36. The Morgan fingerprint density at radius 1 is 1.00 bits per heavy atom. The van der Waals surface area contributed by atoms with Crippen LogP contribution in [0.3, 0.4) is 0 Å². The lowest BCUT2D eigenvalue weighted by atomic mass is 10.0. The number of hydrogen-bond acceptors (Lipinski definition) is 7. The van der Waals surface area contributed by atoms with Gasteiger partial charge in [0.1, 0.15) is 17.2 Å². The number of halogens is 1. The summed E-state index contributed by atoms with van der Waals surface area (Å²) in [5.74, 6) is -0.0814. The Kier molecular flexibility index (Phi) is 7.27. The minimum absolute atomic E-state index is 0.0445. The van der Waals surface area contributed by atoms with E-state index in [0.717, 1.165) is 0 Å². The van der Waals surface area contributed by atoms with Gasteiger partial charge in [0, 0.05) is 11.1 Å². The first-order valence-electron chi connectivity index (χ1n) is 9.54. The Morgan fingerprint density at radius 2 is 1.59 bits per heavy atom. The lowest BCUT2D eigenvalue weighted by molar-refractivity contribution is 0.131. The molecule has 0 fully saturated rings. The second-order valence-electron chi connectivity index (χ2n) is 6.62. The number of aromatic nitrogens is 1. The Hall–Kier alpha value is -2.82. The van der Waals surface area contributed by atoms with Gasteiger partial charge in [0.15, 0.2) is 4.90 Å². The van der Waals surface area contributed by atoms with E-state index in [1.54, 1.807) is 25.1 Å². The van der Waals surface area contributed by atoms with Gasteiger partial charge in [-0.25, -0.2) is 8.42 Å². The van der Waals surface area contributed by atoms with Crippen LogP contribution in [0.1, 0.15) is 12.6 Å². The largest absolute Gasteiger partial charge is 0.506 e. The maximum atomic E-state index is 13.3. The second-order valence-corrected chi connectivity index (χ2v) is 9.42. The number of benzene rings is 2. The zero-order valence-corrected chi connectivity index (χ0v) is 20.0. The monoisotopic (exact) mass is 523 g/mol. The lowest BCUT2D eigenvalue weighted by Crippen LogP contribution is -2.21. The molecule has 1 aromatic heterocycles. The molecule has 10 heteroatoms. The average molecular weight is 524 g/mol. The third-order valence-electron chi connectivity index (χ3n) is 4.75. The molecule has 0 bridgehead atoms. The quantitative estimate of drug-likeness (QED) is 0.460. The highest BCUT2D eigenvalue weighted by molar-refractivity contribution is 9.10. The number of rotatable bonds is 8. The minimum Gasteiger partial charge on any atom is -0.506 e. The van der Waals surface area contributed by atoms with Crippen molar-refractivity contribution in [1.29, 1.82) is 0 Å². The molecular formula is C22H22BrNO7S. The summed E-state index contributed by atoms with van der Waals surface area (Å²) in [6.45, 7) is 2.03. The van der Waals surface area contributed by atoms with Crippen LogP contribution >= 0.6 is 15.9 Å². The molecule has 0 saturated heterocycles. The molecule has 2 aromatic carbocycles. The summed E-state index contributed by atoms with van der Waals surface area (Å²) in [5, 5.41) is 11.2. The number of nitrogens with one attached hydrogen (secondary N) is 1. The highest BCUT2D eigenvalue weighted by Gasteiger charge is 2.31. The van der Waals surface area contributed by atoms with Crippen LogP contribution in [-0.2, 0) is 21.2 Å². The number of sulfone groups is 1.